The Morgan fingerprint density at radius 3 is 2.68 bits per heavy atom. The van der Waals surface area contributed by atoms with Gasteiger partial charge in [-0.05, 0) is 57.1 Å². The van der Waals surface area contributed by atoms with Gasteiger partial charge in [0.05, 0.1) is 23.6 Å². The van der Waals surface area contributed by atoms with Crippen LogP contribution >= 0.6 is 12.4 Å². The summed E-state index contributed by atoms with van der Waals surface area (Å²) >= 11 is 0. The van der Waals surface area contributed by atoms with Crippen LogP contribution in [0.3, 0.4) is 0 Å². The highest BCUT2D eigenvalue weighted by Crippen LogP contribution is 2.20. The van der Waals surface area contributed by atoms with Crippen LogP contribution in [0.4, 0.5) is 10.2 Å². The van der Waals surface area contributed by atoms with Gasteiger partial charge in [-0.2, -0.15) is 5.10 Å². The zero-order chi connectivity index (χ0) is 18.8. The van der Waals surface area contributed by atoms with Crippen molar-refractivity contribution >= 4 is 24.1 Å². The van der Waals surface area contributed by atoms with Crippen LogP contribution in [0.25, 0.3) is 5.69 Å². The van der Waals surface area contributed by atoms with Crippen molar-refractivity contribution < 1.29 is 9.18 Å². The molecule has 1 aliphatic rings. The summed E-state index contributed by atoms with van der Waals surface area (Å²) in [6.07, 6.45) is 3.60. The van der Waals surface area contributed by atoms with Crippen molar-refractivity contribution in [2.45, 2.75) is 25.8 Å². The molecule has 1 saturated heterocycles. The van der Waals surface area contributed by atoms with Crippen molar-refractivity contribution in [3.05, 3.63) is 53.7 Å². The molecule has 0 bridgehead atoms. The lowest BCUT2D eigenvalue weighted by Crippen LogP contribution is -2.29. The van der Waals surface area contributed by atoms with E-state index in [0.29, 0.717) is 11.5 Å². The van der Waals surface area contributed by atoms with Gasteiger partial charge in [0.15, 0.2) is 5.69 Å². The normalized spacial score (nSPS) is 14.5. The number of amides is 1. The third-order valence-electron chi connectivity index (χ3n) is 4.57. The highest BCUT2D eigenvalue weighted by atomic mass is 35.5. The van der Waals surface area contributed by atoms with E-state index in [4.69, 9.17) is 0 Å². The molecule has 0 aliphatic carbocycles. The molecule has 10 heteroatoms. The topological polar surface area (TPSA) is 89.7 Å². The summed E-state index contributed by atoms with van der Waals surface area (Å²) < 4.78 is 16.5. The lowest BCUT2D eigenvalue weighted by molar-refractivity contribution is 0.102. The van der Waals surface area contributed by atoms with E-state index >= 15 is 0 Å². The molecule has 4 rings (SSSR count). The SMILES string of the molecule is Cc1cc(NC(=O)c2cn(C3CCNCC3)nn2)n(-c2ccc(F)cc2)n1.Cl. The molecule has 0 unspecified atom stereocenters. The largest absolute Gasteiger partial charge is 0.317 e. The second kappa shape index (κ2) is 8.49. The zero-order valence-corrected chi connectivity index (χ0v) is 16.1. The van der Waals surface area contributed by atoms with Gasteiger partial charge in [-0.3, -0.25) is 4.79 Å². The zero-order valence-electron chi connectivity index (χ0n) is 15.3. The molecule has 0 atom stereocenters. The Labute approximate surface area is 167 Å². The second-order valence-corrected chi connectivity index (χ2v) is 6.58. The number of nitrogens with one attached hydrogen (secondary N) is 2. The summed E-state index contributed by atoms with van der Waals surface area (Å²) in [6.45, 7) is 3.69. The lowest BCUT2D eigenvalue weighted by Gasteiger charge is -2.22. The predicted octanol–water partition coefficient (Wildman–Crippen LogP) is 2.51. The molecule has 1 aromatic carbocycles. The Bertz CT molecular complexity index is 947. The van der Waals surface area contributed by atoms with E-state index in [1.807, 2.05) is 6.92 Å². The lowest BCUT2D eigenvalue weighted by atomic mass is 10.1. The number of carbonyl (C=O) groups excluding carboxylic acids is 1. The van der Waals surface area contributed by atoms with E-state index < -0.39 is 0 Å². The van der Waals surface area contributed by atoms with E-state index in [1.54, 1.807) is 33.8 Å². The number of carbonyl (C=O) groups is 1. The van der Waals surface area contributed by atoms with Gasteiger partial charge in [0.25, 0.3) is 5.91 Å². The summed E-state index contributed by atoms with van der Waals surface area (Å²) in [5.74, 6) is -0.207. The summed E-state index contributed by atoms with van der Waals surface area (Å²) in [4.78, 5) is 12.6. The van der Waals surface area contributed by atoms with Gasteiger partial charge < -0.3 is 10.6 Å². The number of nitrogens with zero attached hydrogens (tertiary/aromatic N) is 5. The second-order valence-electron chi connectivity index (χ2n) is 6.58. The average Bonchev–Trinajstić information content (AvgIpc) is 3.30. The maximum absolute atomic E-state index is 13.2. The number of aromatic nitrogens is 5. The van der Waals surface area contributed by atoms with Gasteiger partial charge in [0.2, 0.25) is 0 Å². The number of benzene rings is 1. The molecule has 0 spiro atoms. The number of hydrogen-bond acceptors (Lipinski definition) is 5. The van der Waals surface area contributed by atoms with E-state index in [2.05, 4.69) is 26.0 Å². The number of rotatable bonds is 4. The molecule has 1 aliphatic heterocycles. The van der Waals surface area contributed by atoms with Crippen LogP contribution in [0.5, 0.6) is 0 Å². The first-order valence-corrected chi connectivity index (χ1v) is 8.86. The predicted molar refractivity (Wildman–Crippen MR) is 105 cm³/mol. The van der Waals surface area contributed by atoms with E-state index in [0.717, 1.165) is 31.6 Å². The first-order chi connectivity index (χ1) is 13.1. The van der Waals surface area contributed by atoms with Crippen molar-refractivity contribution in [2.75, 3.05) is 18.4 Å². The van der Waals surface area contributed by atoms with Crippen molar-refractivity contribution in [1.82, 2.24) is 30.1 Å². The molecule has 1 amide bonds. The van der Waals surface area contributed by atoms with Gasteiger partial charge >= 0.3 is 0 Å². The molecule has 0 saturated carbocycles. The summed E-state index contributed by atoms with van der Waals surface area (Å²) in [5.41, 5.74) is 1.63. The Morgan fingerprint density at radius 2 is 1.96 bits per heavy atom. The standard InChI is InChI=1S/C18H20FN7O.ClH/c1-12-10-17(26(23-12)15-4-2-13(19)3-5-15)21-18(27)16-11-25(24-22-16)14-6-8-20-9-7-14;/h2-5,10-11,14,20H,6-9H2,1H3,(H,21,27);1H. The molecule has 3 aromatic rings. The van der Waals surface area contributed by atoms with Crippen LogP contribution in [-0.2, 0) is 0 Å². The number of anilines is 1. The molecular weight excluding hydrogens is 385 g/mol. The smallest absolute Gasteiger partial charge is 0.278 e. The third-order valence-corrected chi connectivity index (χ3v) is 4.57. The third kappa shape index (κ3) is 4.20. The van der Waals surface area contributed by atoms with Crippen molar-refractivity contribution in [2.24, 2.45) is 0 Å². The molecule has 2 aromatic heterocycles. The monoisotopic (exact) mass is 405 g/mol. The van der Waals surface area contributed by atoms with Crippen LogP contribution in [0.15, 0.2) is 36.5 Å². The molecule has 28 heavy (non-hydrogen) atoms. The summed E-state index contributed by atoms with van der Waals surface area (Å²) in [6, 6.07) is 7.91. The van der Waals surface area contributed by atoms with Gasteiger partial charge in [0.1, 0.15) is 11.6 Å². The minimum atomic E-state index is -0.363. The van der Waals surface area contributed by atoms with Gasteiger partial charge in [-0.25, -0.2) is 13.8 Å². The number of halogens is 2. The Balaban J connectivity index is 0.00000225. The maximum Gasteiger partial charge on any atom is 0.278 e. The minimum absolute atomic E-state index is 0. The fourth-order valence-corrected chi connectivity index (χ4v) is 3.18. The minimum Gasteiger partial charge on any atom is -0.317 e. The molecule has 1 fully saturated rings. The highest BCUT2D eigenvalue weighted by Gasteiger charge is 2.20. The van der Waals surface area contributed by atoms with E-state index in [1.165, 1.54) is 12.1 Å². The van der Waals surface area contributed by atoms with Gasteiger partial charge in [-0.15, -0.1) is 17.5 Å². The summed E-state index contributed by atoms with van der Waals surface area (Å²) in [7, 11) is 0. The van der Waals surface area contributed by atoms with Gasteiger partial charge in [0, 0.05) is 6.07 Å². The fourth-order valence-electron chi connectivity index (χ4n) is 3.18. The molecule has 0 radical (unpaired) electrons. The summed E-state index contributed by atoms with van der Waals surface area (Å²) in [5, 5.41) is 18.6. The molecular formula is C18H21ClFN7O. The number of aryl methyl sites for hydroxylation is 1. The van der Waals surface area contributed by atoms with E-state index in [-0.39, 0.29) is 35.9 Å². The quantitative estimate of drug-likeness (QED) is 0.696. The van der Waals surface area contributed by atoms with Crippen LogP contribution in [-0.4, -0.2) is 43.8 Å². The average molecular weight is 406 g/mol. The Hall–Kier alpha value is -2.78. The Kier molecular flexibility index (Phi) is 6.05. The van der Waals surface area contributed by atoms with Crippen LogP contribution in [0, 0.1) is 12.7 Å². The van der Waals surface area contributed by atoms with Crippen LogP contribution < -0.4 is 10.6 Å². The number of piperidine rings is 1. The highest BCUT2D eigenvalue weighted by molar-refractivity contribution is 6.02. The van der Waals surface area contributed by atoms with Gasteiger partial charge in [-0.1, -0.05) is 5.21 Å². The van der Waals surface area contributed by atoms with Crippen molar-refractivity contribution in [3.8, 4) is 5.69 Å². The van der Waals surface area contributed by atoms with Crippen molar-refractivity contribution in [1.29, 1.82) is 0 Å². The van der Waals surface area contributed by atoms with Crippen LogP contribution in [0.2, 0.25) is 0 Å². The fraction of sp³-hybridized carbons (Fsp3) is 0.333. The first-order valence-electron chi connectivity index (χ1n) is 8.86. The number of hydrogen-bond donors (Lipinski definition) is 2. The molecule has 8 nitrogen and oxygen atoms in total. The van der Waals surface area contributed by atoms with Crippen LogP contribution in [0.1, 0.15) is 35.1 Å². The Morgan fingerprint density at radius 1 is 1.25 bits per heavy atom. The molecule has 3 heterocycles. The molecule has 2 N–H and O–H groups in total. The van der Waals surface area contributed by atoms with Crippen molar-refractivity contribution in [3.63, 3.8) is 0 Å². The molecule has 148 valence electrons. The first kappa shape index (κ1) is 20.0. The maximum atomic E-state index is 13.2. The van der Waals surface area contributed by atoms with E-state index in [9.17, 15) is 9.18 Å².